The number of unbranched alkanes of at least 4 members (excludes halogenated alkanes) is 7. The molecule has 0 amide bonds. The fraction of sp³-hybridized carbons (Fsp3) is 0.688. The van der Waals surface area contributed by atoms with Crippen LogP contribution >= 0.6 is 0 Å². The Morgan fingerprint density at radius 2 is 1.33 bits per heavy atom. The van der Waals surface area contributed by atoms with Crippen LogP contribution < -0.4 is 0 Å². The van der Waals surface area contributed by atoms with Crippen LogP contribution in [0.5, 0.6) is 0 Å². The molecule has 0 fully saturated rings. The number of aliphatic carboxylic acids is 1. The van der Waals surface area contributed by atoms with E-state index in [9.17, 15) is 4.79 Å². The van der Waals surface area contributed by atoms with Crippen LogP contribution in [0.1, 0.15) is 71.1 Å². The van der Waals surface area contributed by atoms with E-state index in [1.165, 1.54) is 51.4 Å². The number of carboxylic acid groups (broad SMARTS) is 1. The molecule has 0 spiro atoms. The highest BCUT2D eigenvalue weighted by Crippen LogP contribution is 2.06. The first-order valence-electron chi connectivity index (χ1n) is 7.29. The van der Waals surface area contributed by atoms with Crippen molar-refractivity contribution in [2.24, 2.45) is 0 Å². The van der Waals surface area contributed by atoms with Gasteiger partial charge in [0.25, 0.3) is 0 Å². The lowest BCUT2D eigenvalue weighted by molar-refractivity contribution is -0.136. The molecule has 0 saturated heterocycles. The lowest BCUT2D eigenvalue weighted by Crippen LogP contribution is -1.89. The minimum absolute atomic E-state index is 0.153. The molecule has 0 saturated carbocycles. The summed E-state index contributed by atoms with van der Waals surface area (Å²) in [6.45, 7) is 2.23. The first kappa shape index (κ1) is 16.9. The monoisotopic (exact) mass is 252 g/mol. The number of hydrogen-bond acceptors (Lipinski definition) is 1. The quantitative estimate of drug-likeness (QED) is 0.387. The maximum Gasteiger partial charge on any atom is 0.307 e. The van der Waals surface area contributed by atoms with Gasteiger partial charge in [0.2, 0.25) is 0 Å². The minimum Gasteiger partial charge on any atom is -0.481 e. The van der Waals surface area contributed by atoms with Gasteiger partial charge in [-0.25, -0.2) is 0 Å². The zero-order valence-corrected chi connectivity index (χ0v) is 11.7. The van der Waals surface area contributed by atoms with Crippen molar-refractivity contribution in [3.63, 3.8) is 0 Å². The molecule has 2 heteroatoms. The zero-order chi connectivity index (χ0) is 13.5. The molecule has 0 atom stereocenters. The van der Waals surface area contributed by atoms with Crippen LogP contribution in [-0.2, 0) is 4.79 Å². The van der Waals surface area contributed by atoms with E-state index < -0.39 is 5.97 Å². The van der Waals surface area contributed by atoms with Crippen LogP contribution in [0, 0.1) is 0 Å². The summed E-state index contributed by atoms with van der Waals surface area (Å²) in [5.41, 5.74) is 0. The van der Waals surface area contributed by atoms with Crippen molar-refractivity contribution < 1.29 is 9.90 Å². The fourth-order valence-electron chi connectivity index (χ4n) is 1.75. The average molecular weight is 252 g/mol. The Morgan fingerprint density at radius 3 is 1.83 bits per heavy atom. The third-order valence-electron chi connectivity index (χ3n) is 2.84. The van der Waals surface area contributed by atoms with Gasteiger partial charge in [0.1, 0.15) is 0 Å². The van der Waals surface area contributed by atoms with E-state index >= 15 is 0 Å². The van der Waals surface area contributed by atoms with Gasteiger partial charge >= 0.3 is 5.97 Å². The van der Waals surface area contributed by atoms with Crippen LogP contribution in [0.15, 0.2) is 24.3 Å². The number of hydrogen-bond donors (Lipinski definition) is 1. The predicted molar refractivity (Wildman–Crippen MR) is 77.8 cm³/mol. The Labute approximate surface area is 112 Å². The molecule has 0 aromatic carbocycles. The van der Waals surface area contributed by atoms with Crippen LogP contribution in [-0.4, -0.2) is 11.1 Å². The van der Waals surface area contributed by atoms with E-state index in [-0.39, 0.29) is 6.42 Å². The molecule has 104 valence electrons. The smallest absolute Gasteiger partial charge is 0.307 e. The number of carbonyl (C=O) groups is 1. The average Bonchev–Trinajstić information content (AvgIpc) is 2.34. The Bertz CT molecular complexity index is 241. The molecule has 0 unspecified atom stereocenters. The molecule has 0 bridgehead atoms. The van der Waals surface area contributed by atoms with Gasteiger partial charge in [0.15, 0.2) is 0 Å². The SMILES string of the molecule is CCCCCC=CCCCCCC=CCC(=O)O. The Balaban J connectivity index is 3.15. The highest BCUT2D eigenvalue weighted by atomic mass is 16.4. The molecule has 0 aliphatic carbocycles. The molecule has 0 aliphatic heterocycles. The molecule has 0 rings (SSSR count). The van der Waals surface area contributed by atoms with E-state index in [4.69, 9.17) is 5.11 Å². The van der Waals surface area contributed by atoms with Crippen LogP contribution in [0.25, 0.3) is 0 Å². The van der Waals surface area contributed by atoms with Crippen LogP contribution in [0.3, 0.4) is 0 Å². The minimum atomic E-state index is -0.750. The van der Waals surface area contributed by atoms with Gasteiger partial charge in [-0.1, -0.05) is 50.5 Å². The van der Waals surface area contributed by atoms with Crippen molar-refractivity contribution in [3.8, 4) is 0 Å². The second kappa shape index (κ2) is 14.0. The first-order chi connectivity index (χ1) is 8.77. The summed E-state index contributed by atoms with van der Waals surface area (Å²) in [6, 6.07) is 0. The van der Waals surface area contributed by atoms with Crippen molar-refractivity contribution in [2.45, 2.75) is 71.1 Å². The largest absolute Gasteiger partial charge is 0.481 e. The van der Waals surface area contributed by atoms with Crippen molar-refractivity contribution in [1.82, 2.24) is 0 Å². The highest BCUT2D eigenvalue weighted by molar-refractivity contribution is 5.68. The Morgan fingerprint density at radius 1 is 0.833 bits per heavy atom. The summed E-state index contributed by atoms with van der Waals surface area (Å²) < 4.78 is 0. The van der Waals surface area contributed by atoms with E-state index in [2.05, 4.69) is 19.1 Å². The molecule has 0 radical (unpaired) electrons. The van der Waals surface area contributed by atoms with Crippen molar-refractivity contribution in [3.05, 3.63) is 24.3 Å². The van der Waals surface area contributed by atoms with E-state index in [1.807, 2.05) is 6.08 Å². The topological polar surface area (TPSA) is 37.3 Å². The molecule has 0 aromatic rings. The van der Waals surface area contributed by atoms with Gasteiger partial charge in [0.05, 0.1) is 6.42 Å². The molecule has 1 N–H and O–H groups in total. The molecule has 0 aromatic heterocycles. The lowest BCUT2D eigenvalue weighted by Gasteiger charge is -1.96. The summed E-state index contributed by atoms with van der Waals surface area (Å²) in [5.74, 6) is -0.750. The second-order valence-corrected chi connectivity index (χ2v) is 4.67. The van der Waals surface area contributed by atoms with Gasteiger partial charge in [-0.05, 0) is 38.5 Å². The van der Waals surface area contributed by atoms with Crippen LogP contribution in [0.2, 0.25) is 0 Å². The van der Waals surface area contributed by atoms with Crippen LogP contribution in [0.4, 0.5) is 0 Å². The summed E-state index contributed by atoms with van der Waals surface area (Å²) in [4.78, 5) is 10.2. The van der Waals surface area contributed by atoms with E-state index in [0.29, 0.717) is 0 Å². The third-order valence-corrected chi connectivity index (χ3v) is 2.84. The van der Waals surface area contributed by atoms with E-state index in [0.717, 1.165) is 6.42 Å². The normalized spacial score (nSPS) is 11.6. The van der Waals surface area contributed by atoms with Crippen molar-refractivity contribution >= 4 is 5.97 Å². The van der Waals surface area contributed by atoms with Crippen molar-refractivity contribution in [2.75, 3.05) is 0 Å². The second-order valence-electron chi connectivity index (χ2n) is 4.67. The highest BCUT2D eigenvalue weighted by Gasteiger charge is 1.89. The first-order valence-corrected chi connectivity index (χ1v) is 7.29. The van der Waals surface area contributed by atoms with E-state index in [1.54, 1.807) is 6.08 Å². The summed E-state index contributed by atoms with van der Waals surface area (Å²) in [6.07, 6.45) is 19.5. The van der Waals surface area contributed by atoms with Gasteiger partial charge in [0, 0.05) is 0 Å². The molecule has 0 aliphatic rings. The molecule has 2 nitrogen and oxygen atoms in total. The predicted octanol–water partition coefficient (Wildman–Crippen LogP) is 5.10. The molecular weight excluding hydrogens is 224 g/mol. The summed E-state index contributed by atoms with van der Waals surface area (Å²) in [7, 11) is 0. The molecule has 18 heavy (non-hydrogen) atoms. The number of allylic oxidation sites excluding steroid dienone is 3. The standard InChI is InChI=1S/C16H28O2/c1-2-3-4-5-6-7-8-9-10-11-12-13-14-15-16(17)18/h6-7,13-14H,2-5,8-12,15H2,1H3,(H,17,18). The summed E-state index contributed by atoms with van der Waals surface area (Å²) >= 11 is 0. The number of carboxylic acids is 1. The van der Waals surface area contributed by atoms with Crippen molar-refractivity contribution in [1.29, 1.82) is 0 Å². The van der Waals surface area contributed by atoms with Gasteiger partial charge < -0.3 is 5.11 Å². The third kappa shape index (κ3) is 14.9. The fourth-order valence-corrected chi connectivity index (χ4v) is 1.75. The molecular formula is C16H28O2. The zero-order valence-electron chi connectivity index (χ0n) is 11.7. The Kier molecular flexibility index (Phi) is 13.2. The van der Waals surface area contributed by atoms with Gasteiger partial charge in [-0.2, -0.15) is 0 Å². The lowest BCUT2D eigenvalue weighted by atomic mass is 10.1. The maximum atomic E-state index is 10.2. The summed E-state index contributed by atoms with van der Waals surface area (Å²) in [5, 5.41) is 8.43. The number of rotatable bonds is 12. The van der Waals surface area contributed by atoms with Gasteiger partial charge in [-0.15, -0.1) is 0 Å². The maximum absolute atomic E-state index is 10.2. The molecule has 0 heterocycles. The van der Waals surface area contributed by atoms with Gasteiger partial charge in [-0.3, -0.25) is 4.79 Å². The Hall–Kier alpha value is -1.05.